The molecule has 2 aromatic carbocycles. The second-order valence-corrected chi connectivity index (χ2v) is 11.2. The summed E-state index contributed by atoms with van der Waals surface area (Å²) in [4.78, 5) is 4.94. The van der Waals surface area contributed by atoms with Crippen molar-refractivity contribution in [3.8, 4) is 11.5 Å². The molecule has 2 aromatic rings. The van der Waals surface area contributed by atoms with Gasteiger partial charge in [-0.2, -0.15) is 0 Å². The molecule has 0 aromatic heterocycles. The summed E-state index contributed by atoms with van der Waals surface area (Å²) < 4.78 is 11.8. The van der Waals surface area contributed by atoms with Gasteiger partial charge in [0.1, 0.15) is 22.7 Å². The van der Waals surface area contributed by atoms with E-state index in [4.69, 9.17) is 9.47 Å². The lowest BCUT2D eigenvalue weighted by Crippen LogP contribution is -2.52. The molecule has 3 aliphatic rings. The zero-order valence-corrected chi connectivity index (χ0v) is 22.0. The highest BCUT2D eigenvalue weighted by molar-refractivity contribution is 8.02. The molecule has 5 nitrogen and oxygen atoms in total. The van der Waals surface area contributed by atoms with Crippen LogP contribution in [0.3, 0.4) is 0 Å². The van der Waals surface area contributed by atoms with E-state index in [1.807, 2.05) is 26.0 Å². The standard InChI is InChI=1S/C28H36N2O3S/c1-18-19(2)26-24(28(31,27(4,5)33-26)21-11-16-34-17-21)20(3)25(18)30-14-12-29(13-15-30)22-7-9-23(32-6)10-8-22/h7-11,16,21,31H,12-15,17H2,1-6H3. The molecule has 0 bridgehead atoms. The second-order valence-electron chi connectivity index (χ2n) is 10.2. The molecule has 0 radical (unpaired) electrons. The van der Waals surface area contributed by atoms with Crippen LogP contribution in [0.5, 0.6) is 11.5 Å². The largest absolute Gasteiger partial charge is 0.497 e. The van der Waals surface area contributed by atoms with Crippen LogP contribution in [0.25, 0.3) is 0 Å². The fraction of sp³-hybridized carbons (Fsp3) is 0.500. The van der Waals surface area contributed by atoms with Gasteiger partial charge in [-0.25, -0.2) is 0 Å². The molecular formula is C28H36N2O3S. The molecule has 2 atom stereocenters. The van der Waals surface area contributed by atoms with Crippen LogP contribution >= 0.6 is 11.8 Å². The van der Waals surface area contributed by atoms with E-state index in [1.54, 1.807) is 18.9 Å². The van der Waals surface area contributed by atoms with E-state index < -0.39 is 11.2 Å². The Morgan fingerprint density at radius 2 is 1.62 bits per heavy atom. The topological polar surface area (TPSA) is 45.2 Å². The molecule has 6 heteroatoms. The highest BCUT2D eigenvalue weighted by Gasteiger charge is 2.59. The third kappa shape index (κ3) is 3.41. The van der Waals surface area contributed by atoms with Crippen LogP contribution in [0.1, 0.15) is 36.1 Å². The monoisotopic (exact) mass is 480 g/mol. The van der Waals surface area contributed by atoms with E-state index in [1.165, 1.54) is 16.9 Å². The minimum absolute atomic E-state index is 0.0364. The summed E-state index contributed by atoms with van der Waals surface area (Å²) in [7, 11) is 1.70. The third-order valence-electron chi connectivity index (χ3n) is 8.12. The summed E-state index contributed by atoms with van der Waals surface area (Å²) in [6, 6.07) is 8.32. The average Bonchev–Trinajstić information content (AvgIpc) is 3.44. The van der Waals surface area contributed by atoms with Crippen molar-refractivity contribution in [1.29, 1.82) is 0 Å². The molecule has 182 valence electrons. The number of anilines is 2. The van der Waals surface area contributed by atoms with Crippen molar-refractivity contribution in [2.24, 2.45) is 5.92 Å². The molecule has 0 saturated carbocycles. The molecule has 1 fully saturated rings. The van der Waals surface area contributed by atoms with Gasteiger partial charge in [-0.05, 0) is 81.0 Å². The molecule has 0 amide bonds. The van der Waals surface area contributed by atoms with Crippen molar-refractivity contribution in [1.82, 2.24) is 0 Å². The summed E-state index contributed by atoms with van der Waals surface area (Å²) in [6.07, 6.45) is 2.16. The minimum Gasteiger partial charge on any atom is -0.497 e. The number of rotatable bonds is 4. The Morgan fingerprint density at radius 1 is 0.971 bits per heavy atom. The summed E-state index contributed by atoms with van der Waals surface area (Å²) in [5.41, 5.74) is 5.30. The lowest BCUT2D eigenvalue weighted by molar-refractivity contribution is -0.116. The normalized spacial score (nSPS) is 25.4. The first kappa shape index (κ1) is 23.4. The molecule has 1 N–H and O–H groups in total. The summed E-state index contributed by atoms with van der Waals surface area (Å²) >= 11 is 1.77. The van der Waals surface area contributed by atoms with E-state index in [9.17, 15) is 5.11 Å². The van der Waals surface area contributed by atoms with Crippen molar-refractivity contribution in [2.75, 3.05) is 48.8 Å². The smallest absolute Gasteiger partial charge is 0.139 e. The predicted molar refractivity (Wildman–Crippen MR) is 142 cm³/mol. The maximum Gasteiger partial charge on any atom is 0.139 e. The SMILES string of the molecule is COc1ccc(N2CCN(c3c(C)c(C)c4c(c3C)C(O)(C3C=CSC3)C(C)(C)O4)CC2)cc1. The van der Waals surface area contributed by atoms with Crippen LogP contribution in [-0.4, -0.2) is 49.7 Å². The lowest BCUT2D eigenvalue weighted by atomic mass is 9.71. The van der Waals surface area contributed by atoms with E-state index in [0.717, 1.165) is 60.1 Å². The van der Waals surface area contributed by atoms with Crippen LogP contribution in [0.15, 0.2) is 35.7 Å². The summed E-state index contributed by atoms with van der Waals surface area (Å²) in [5, 5.41) is 14.4. The lowest BCUT2D eigenvalue weighted by Gasteiger charge is -2.41. The molecule has 34 heavy (non-hydrogen) atoms. The van der Waals surface area contributed by atoms with Crippen molar-refractivity contribution >= 4 is 23.1 Å². The van der Waals surface area contributed by atoms with Crippen LogP contribution in [0.2, 0.25) is 0 Å². The van der Waals surface area contributed by atoms with Gasteiger partial charge < -0.3 is 24.4 Å². The van der Waals surface area contributed by atoms with E-state index >= 15 is 0 Å². The van der Waals surface area contributed by atoms with Gasteiger partial charge in [-0.1, -0.05) is 6.08 Å². The Hall–Kier alpha value is -2.31. The maximum atomic E-state index is 12.3. The summed E-state index contributed by atoms with van der Waals surface area (Å²) in [6.45, 7) is 14.4. The number of methoxy groups -OCH3 is 1. The quantitative estimate of drug-likeness (QED) is 0.650. The number of hydrogen-bond donors (Lipinski definition) is 1. The number of benzene rings is 2. The van der Waals surface area contributed by atoms with Crippen LogP contribution < -0.4 is 19.3 Å². The van der Waals surface area contributed by atoms with E-state index in [2.05, 4.69) is 54.2 Å². The van der Waals surface area contributed by atoms with Gasteiger partial charge in [0.05, 0.1) is 7.11 Å². The van der Waals surface area contributed by atoms with Gasteiger partial charge >= 0.3 is 0 Å². The van der Waals surface area contributed by atoms with E-state index in [-0.39, 0.29) is 5.92 Å². The van der Waals surface area contributed by atoms with Gasteiger partial charge in [0.15, 0.2) is 0 Å². The second kappa shape index (κ2) is 8.42. The van der Waals surface area contributed by atoms with Crippen LogP contribution in [0.4, 0.5) is 11.4 Å². The van der Waals surface area contributed by atoms with Gasteiger partial charge in [-0.3, -0.25) is 0 Å². The zero-order valence-electron chi connectivity index (χ0n) is 21.1. The minimum atomic E-state index is -1.05. The van der Waals surface area contributed by atoms with Crippen molar-refractivity contribution < 1.29 is 14.6 Å². The number of nitrogens with zero attached hydrogens (tertiary/aromatic N) is 2. The highest BCUT2D eigenvalue weighted by Crippen LogP contribution is 2.58. The van der Waals surface area contributed by atoms with Gasteiger partial charge in [-0.15, -0.1) is 11.8 Å². The third-order valence-corrected chi connectivity index (χ3v) is 9.03. The molecule has 0 spiro atoms. The van der Waals surface area contributed by atoms with Gasteiger partial charge in [0.25, 0.3) is 0 Å². The molecule has 3 aliphatic heterocycles. The average molecular weight is 481 g/mol. The highest BCUT2D eigenvalue weighted by atomic mass is 32.2. The van der Waals surface area contributed by atoms with Crippen molar-refractivity contribution in [3.05, 3.63) is 58.0 Å². The molecule has 5 rings (SSSR count). The predicted octanol–water partition coefficient (Wildman–Crippen LogP) is 5.18. The first-order chi connectivity index (χ1) is 16.2. The summed E-state index contributed by atoms with van der Waals surface area (Å²) in [5.74, 6) is 2.68. The van der Waals surface area contributed by atoms with Crippen LogP contribution in [-0.2, 0) is 5.60 Å². The Bertz CT molecular complexity index is 1120. The molecule has 1 saturated heterocycles. The first-order valence-electron chi connectivity index (χ1n) is 12.2. The molecule has 3 heterocycles. The Kier molecular flexibility index (Phi) is 5.80. The number of aliphatic hydroxyl groups is 1. The Balaban J connectivity index is 1.48. The Labute approximate surface area is 207 Å². The first-order valence-corrected chi connectivity index (χ1v) is 13.2. The number of ether oxygens (including phenoxy) is 2. The van der Waals surface area contributed by atoms with Crippen molar-refractivity contribution in [3.63, 3.8) is 0 Å². The van der Waals surface area contributed by atoms with E-state index in [0.29, 0.717) is 0 Å². The number of piperazine rings is 1. The molecule has 0 aliphatic carbocycles. The zero-order chi connectivity index (χ0) is 24.3. The van der Waals surface area contributed by atoms with Crippen molar-refractivity contribution in [2.45, 2.75) is 45.8 Å². The Morgan fingerprint density at radius 3 is 2.21 bits per heavy atom. The molecule has 2 unspecified atom stereocenters. The number of fused-ring (bicyclic) bond motifs is 1. The number of hydrogen-bond acceptors (Lipinski definition) is 6. The van der Waals surface area contributed by atoms with Gasteiger partial charge in [0.2, 0.25) is 0 Å². The van der Waals surface area contributed by atoms with Gasteiger partial charge in [0, 0.05) is 54.8 Å². The maximum absolute atomic E-state index is 12.3. The van der Waals surface area contributed by atoms with Crippen LogP contribution in [0, 0.1) is 26.7 Å². The fourth-order valence-corrected chi connectivity index (χ4v) is 7.01. The molecular weight excluding hydrogens is 444 g/mol. The fourth-order valence-electron chi connectivity index (χ4n) is 6.04. The number of thioether (sulfide) groups is 1.